The summed E-state index contributed by atoms with van der Waals surface area (Å²) in [7, 11) is 1.95. The van der Waals surface area contributed by atoms with Gasteiger partial charge in [0.1, 0.15) is 5.75 Å². The lowest BCUT2D eigenvalue weighted by Crippen LogP contribution is -2.11. The Bertz CT molecular complexity index is 927. The van der Waals surface area contributed by atoms with Gasteiger partial charge in [0.05, 0.1) is 18.5 Å². The molecular formula is C18H18N4O2S. The second kappa shape index (κ2) is 6.33. The number of carbonyl (C=O) groups is 1. The third-order valence-electron chi connectivity index (χ3n) is 4.25. The van der Waals surface area contributed by atoms with Crippen molar-refractivity contribution in [2.24, 2.45) is 7.05 Å². The first-order valence-electron chi connectivity index (χ1n) is 8.21. The highest BCUT2D eigenvalue weighted by Crippen LogP contribution is 2.37. The van der Waals surface area contributed by atoms with Crippen LogP contribution in [0.1, 0.15) is 27.9 Å². The number of rotatable bonds is 4. The van der Waals surface area contributed by atoms with Gasteiger partial charge in [-0.15, -0.1) is 11.3 Å². The van der Waals surface area contributed by atoms with Crippen LogP contribution in [0.5, 0.6) is 5.75 Å². The third-order valence-corrected chi connectivity index (χ3v) is 5.28. The SMILES string of the molecule is CCOc1ccc(C(=O)Nc2nc3c(s2)CCc2c-3cnn2C)cc1. The van der Waals surface area contributed by atoms with Crippen LogP contribution in [0.15, 0.2) is 30.5 Å². The largest absolute Gasteiger partial charge is 0.494 e. The number of anilines is 1. The molecule has 0 saturated carbocycles. The number of aromatic nitrogens is 3. The molecule has 0 atom stereocenters. The predicted molar refractivity (Wildman–Crippen MR) is 97.3 cm³/mol. The number of amides is 1. The monoisotopic (exact) mass is 354 g/mol. The minimum Gasteiger partial charge on any atom is -0.494 e. The van der Waals surface area contributed by atoms with Crippen LogP contribution in [0.25, 0.3) is 11.3 Å². The minimum absolute atomic E-state index is 0.166. The standard InChI is InChI=1S/C18H18N4O2S/c1-3-24-12-6-4-11(5-7-12)17(23)21-18-20-16-13-10-19-22(2)14(13)8-9-15(16)25-18/h4-7,10H,3,8-9H2,1-2H3,(H,20,21,23). The Hall–Kier alpha value is -2.67. The molecule has 0 radical (unpaired) electrons. The van der Waals surface area contributed by atoms with E-state index in [9.17, 15) is 4.79 Å². The average Bonchev–Trinajstić information content (AvgIpc) is 3.19. The van der Waals surface area contributed by atoms with Gasteiger partial charge in [-0.1, -0.05) is 0 Å². The van der Waals surface area contributed by atoms with Gasteiger partial charge in [0.2, 0.25) is 0 Å². The first kappa shape index (κ1) is 15.8. The quantitative estimate of drug-likeness (QED) is 0.780. The number of fused-ring (bicyclic) bond motifs is 3. The normalized spacial score (nSPS) is 12.4. The molecule has 1 N–H and O–H groups in total. The van der Waals surface area contributed by atoms with Gasteiger partial charge < -0.3 is 4.74 Å². The van der Waals surface area contributed by atoms with Crippen LogP contribution in [0.3, 0.4) is 0 Å². The molecule has 1 aliphatic carbocycles. The summed E-state index contributed by atoms with van der Waals surface area (Å²) in [6.45, 7) is 2.53. The predicted octanol–water partition coefficient (Wildman–Crippen LogP) is 3.29. The fourth-order valence-corrected chi connectivity index (χ4v) is 3.98. The minimum atomic E-state index is -0.166. The van der Waals surface area contributed by atoms with E-state index in [0.717, 1.165) is 29.8 Å². The molecule has 0 saturated heterocycles. The van der Waals surface area contributed by atoms with Crippen molar-refractivity contribution in [3.05, 3.63) is 46.6 Å². The number of ether oxygens (including phenoxy) is 1. The first-order valence-corrected chi connectivity index (χ1v) is 9.02. The van der Waals surface area contributed by atoms with E-state index < -0.39 is 0 Å². The maximum absolute atomic E-state index is 12.4. The zero-order valence-corrected chi connectivity index (χ0v) is 14.9. The fraction of sp³-hybridized carbons (Fsp3) is 0.278. The molecule has 0 unspecified atom stereocenters. The topological polar surface area (TPSA) is 69.0 Å². The van der Waals surface area contributed by atoms with Crippen molar-refractivity contribution in [3.63, 3.8) is 0 Å². The number of benzene rings is 1. The molecule has 7 heteroatoms. The number of carbonyl (C=O) groups excluding carboxylic acids is 1. The fourth-order valence-electron chi connectivity index (χ4n) is 3.01. The van der Waals surface area contributed by atoms with Crippen LogP contribution in [0.4, 0.5) is 5.13 Å². The number of nitrogens with one attached hydrogen (secondary N) is 1. The second-order valence-corrected chi connectivity index (χ2v) is 6.91. The number of hydrogen-bond donors (Lipinski definition) is 1. The molecular weight excluding hydrogens is 336 g/mol. The summed E-state index contributed by atoms with van der Waals surface area (Å²) in [6.07, 6.45) is 3.73. The van der Waals surface area contributed by atoms with Crippen LogP contribution >= 0.6 is 11.3 Å². The van der Waals surface area contributed by atoms with Gasteiger partial charge in [0.25, 0.3) is 5.91 Å². The Labute approximate surface area is 149 Å². The van der Waals surface area contributed by atoms with Gasteiger partial charge >= 0.3 is 0 Å². The van der Waals surface area contributed by atoms with E-state index >= 15 is 0 Å². The van der Waals surface area contributed by atoms with Crippen LogP contribution in [0.2, 0.25) is 0 Å². The van der Waals surface area contributed by atoms with Crippen molar-refractivity contribution in [1.82, 2.24) is 14.8 Å². The van der Waals surface area contributed by atoms with Gasteiger partial charge in [0, 0.05) is 28.7 Å². The Morgan fingerprint density at radius 3 is 2.88 bits per heavy atom. The summed E-state index contributed by atoms with van der Waals surface area (Å²) in [4.78, 5) is 18.3. The summed E-state index contributed by atoms with van der Waals surface area (Å²) in [5.74, 6) is 0.591. The average molecular weight is 354 g/mol. The highest BCUT2D eigenvalue weighted by molar-refractivity contribution is 7.16. The van der Waals surface area contributed by atoms with Gasteiger partial charge in [0.15, 0.2) is 5.13 Å². The molecule has 0 bridgehead atoms. The zero-order valence-electron chi connectivity index (χ0n) is 14.1. The lowest BCUT2D eigenvalue weighted by atomic mass is 10.0. The van der Waals surface area contributed by atoms with Crippen LogP contribution in [-0.4, -0.2) is 27.3 Å². The Kier molecular flexibility index (Phi) is 4.01. The number of thiazole rings is 1. The smallest absolute Gasteiger partial charge is 0.257 e. The molecule has 25 heavy (non-hydrogen) atoms. The highest BCUT2D eigenvalue weighted by Gasteiger charge is 2.24. The maximum atomic E-state index is 12.4. The van der Waals surface area contributed by atoms with E-state index in [0.29, 0.717) is 17.3 Å². The number of aryl methyl sites for hydroxylation is 2. The van der Waals surface area contributed by atoms with Crippen molar-refractivity contribution in [1.29, 1.82) is 0 Å². The van der Waals surface area contributed by atoms with E-state index in [-0.39, 0.29) is 5.91 Å². The summed E-state index contributed by atoms with van der Waals surface area (Å²) in [5, 5.41) is 7.85. The maximum Gasteiger partial charge on any atom is 0.257 e. The van der Waals surface area contributed by atoms with E-state index in [4.69, 9.17) is 4.74 Å². The highest BCUT2D eigenvalue weighted by atomic mass is 32.1. The molecule has 2 heterocycles. The third kappa shape index (κ3) is 2.91. The van der Waals surface area contributed by atoms with Crippen molar-refractivity contribution >= 4 is 22.4 Å². The van der Waals surface area contributed by atoms with Crippen molar-refractivity contribution < 1.29 is 9.53 Å². The molecule has 1 amide bonds. The van der Waals surface area contributed by atoms with Crippen LogP contribution in [0, 0.1) is 0 Å². The lowest BCUT2D eigenvalue weighted by molar-refractivity contribution is 0.102. The van der Waals surface area contributed by atoms with Gasteiger partial charge in [-0.3, -0.25) is 14.8 Å². The summed E-state index contributed by atoms with van der Waals surface area (Å²) < 4.78 is 7.30. The van der Waals surface area contributed by atoms with Gasteiger partial charge in [-0.2, -0.15) is 5.10 Å². The molecule has 6 nitrogen and oxygen atoms in total. The first-order chi connectivity index (χ1) is 12.2. The van der Waals surface area contributed by atoms with Crippen molar-refractivity contribution in [2.75, 3.05) is 11.9 Å². The molecule has 3 aromatic rings. The second-order valence-electron chi connectivity index (χ2n) is 5.83. The number of nitrogens with zero attached hydrogens (tertiary/aromatic N) is 3. The van der Waals surface area contributed by atoms with E-state index in [1.54, 1.807) is 24.3 Å². The summed E-state index contributed by atoms with van der Waals surface area (Å²) >= 11 is 1.54. The number of hydrogen-bond acceptors (Lipinski definition) is 5. The molecule has 0 aliphatic heterocycles. The molecule has 0 spiro atoms. The summed E-state index contributed by atoms with van der Waals surface area (Å²) in [6, 6.07) is 7.11. The van der Waals surface area contributed by atoms with E-state index in [2.05, 4.69) is 15.4 Å². The molecule has 1 aliphatic rings. The molecule has 1 aromatic carbocycles. The van der Waals surface area contributed by atoms with Crippen molar-refractivity contribution in [2.45, 2.75) is 19.8 Å². The molecule has 4 rings (SSSR count). The van der Waals surface area contributed by atoms with Crippen molar-refractivity contribution in [3.8, 4) is 17.0 Å². The van der Waals surface area contributed by atoms with Gasteiger partial charge in [-0.05, 0) is 44.0 Å². The molecule has 2 aromatic heterocycles. The lowest BCUT2D eigenvalue weighted by Gasteiger charge is -2.10. The summed E-state index contributed by atoms with van der Waals surface area (Å²) in [5.41, 5.74) is 3.80. The van der Waals surface area contributed by atoms with Crippen LogP contribution < -0.4 is 10.1 Å². The Balaban J connectivity index is 1.54. The van der Waals surface area contributed by atoms with Gasteiger partial charge in [-0.25, -0.2) is 4.98 Å². The Morgan fingerprint density at radius 1 is 1.32 bits per heavy atom. The molecule has 0 fully saturated rings. The van der Waals surface area contributed by atoms with E-state index in [1.807, 2.05) is 24.9 Å². The molecule has 128 valence electrons. The Morgan fingerprint density at radius 2 is 2.12 bits per heavy atom. The van der Waals surface area contributed by atoms with E-state index in [1.165, 1.54) is 21.9 Å². The van der Waals surface area contributed by atoms with Crippen LogP contribution in [-0.2, 0) is 19.9 Å². The zero-order chi connectivity index (χ0) is 17.4.